The number of halogens is 1. The summed E-state index contributed by atoms with van der Waals surface area (Å²) in [4.78, 5) is 2.45. The Balaban J connectivity index is 2.18. The van der Waals surface area contributed by atoms with Gasteiger partial charge in [0, 0.05) is 37.8 Å². The molecule has 1 N–H and O–H groups in total. The van der Waals surface area contributed by atoms with Crippen LogP contribution in [0.1, 0.15) is 37.3 Å². The van der Waals surface area contributed by atoms with Crippen molar-refractivity contribution in [3.05, 3.63) is 42.2 Å². The van der Waals surface area contributed by atoms with Crippen LogP contribution in [0, 0.1) is 5.82 Å². The molecule has 1 atom stereocenters. The molecule has 0 amide bonds. The van der Waals surface area contributed by atoms with Gasteiger partial charge in [-0.3, -0.25) is 4.90 Å². The molecule has 1 fully saturated rings. The highest BCUT2D eigenvalue weighted by molar-refractivity contribution is 5.37. The SMILES string of the molecule is C=CCCCC[C@@H](c1cccc(F)c1OC)N1CCNCC1. The minimum atomic E-state index is -0.272. The van der Waals surface area contributed by atoms with E-state index < -0.39 is 0 Å². The molecule has 0 radical (unpaired) electrons. The van der Waals surface area contributed by atoms with Crippen molar-refractivity contribution in [2.75, 3.05) is 33.3 Å². The van der Waals surface area contributed by atoms with Gasteiger partial charge in [0.05, 0.1) is 7.11 Å². The summed E-state index contributed by atoms with van der Waals surface area (Å²) in [6.45, 7) is 7.73. The third-order valence-electron chi connectivity index (χ3n) is 4.29. The molecule has 1 aliphatic rings. The Morgan fingerprint density at radius 2 is 2.14 bits per heavy atom. The van der Waals surface area contributed by atoms with Crippen LogP contribution in [0.5, 0.6) is 5.75 Å². The lowest BCUT2D eigenvalue weighted by Crippen LogP contribution is -2.45. The molecule has 122 valence electrons. The molecule has 4 heteroatoms. The van der Waals surface area contributed by atoms with Crippen molar-refractivity contribution in [3.63, 3.8) is 0 Å². The largest absolute Gasteiger partial charge is 0.493 e. The summed E-state index contributed by atoms with van der Waals surface area (Å²) in [6.07, 6.45) is 6.26. The van der Waals surface area contributed by atoms with E-state index in [1.54, 1.807) is 13.2 Å². The normalized spacial score (nSPS) is 17.2. The van der Waals surface area contributed by atoms with Crippen molar-refractivity contribution in [3.8, 4) is 5.75 Å². The van der Waals surface area contributed by atoms with Crippen molar-refractivity contribution < 1.29 is 9.13 Å². The van der Waals surface area contributed by atoms with Crippen LogP contribution in [0.4, 0.5) is 4.39 Å². The van der Waals surface area contributed by atoms with Crippen LogP contribution < -0.4 is 10.1 Å². The lowest BCUT2D eigenvalue weighted by atomic mass is 9.97. The Bertz CT molecular complexity index is 472. The van der Waals surface area contributed by atoms with Crippen LogP contribution >= 0.6 is 0 Å². The predicted molar refractivity (Wildman–Crippen MR) is 88.8 cm³/mol. The van der Waals surface area contributed by atoms with E-state index in [1.807, 2.05) is 12.1 Å². The number of allylic oxidation sites excluding steroid dienone is 1. The molecule has 0 unspecified atom stereocenters. The van der Waals surface area contributed by atoms with E-state index in [1.165, 1.54) is 6.07 Å². The molecule has 1 saturated heterocycles. The average Bonchev–Trinajstić information content (AvgIpc) is 2.56. The standard InChI is InChI=1S/C18H27FN2O/c1-3-4-5-6-10-17(21-13-11-20-12-14-21)15-8-7-9-16(19)18(15)22-2/h3,7-9,17,20H,1,4-6,10-14H2,2H3/t17-/m0/s1. The fourth-order valence-electron chi connectivity index (χ4n) is 3.16. The van der Waals surface area contributed by atoms with Crippen LogP contribution in [0.15, 0.2) is 30.9 Å². The summed E-state index contributed by atoms with van der Waals surface area (Å²) in [6, 6.07) is 5.47. The Kier molecular flexibility index (Phi) is 6.87. The second kappa shape index (κ2) is 8.91. The predicted octanol–water partition coefficient (Wildman–Crippen LogP) is 3.53. The van der Waals surface area contributed by atoms with Crippen molar-refractivity contribution in [2.45, 2.75) is 31.7 Å². The third-order valence-corrected chi connectivity index (χ3v) is 4.29. The Hall–Kier alpha value is -1.39. The summed E-state index contributed by atoms with van der Waals surface area (Å²) in [5.41, 5.74) is 0.975. The molecule has 1 heterocycles. The summed E-state index contributed by atoms with van der Waals surface area (Å²) in [5.74, 6) is 0.126. The molecule has 1 aromatic carbocycles. The number of nitrogens with zero attached hydrogens (tertiary/aromatic N) is 1. The third kappa shape index (κ3) is 4.31. The van der Waals surface area contributed by atoms with Crippen LogP contribution in [0.3, 0.4) is 0 Å². The first-order chi connectivity index (χ1) is 10.8. The summed E-state index contributed by atoms with van der Waals surface area (Å²) < 4.78 is 19.4. The smallest absolute Gasteiger partial charge is 0.165 e. The summed E-state index contributed by atoms with van der Waals surface area (Å²) in [7, 11) is 1.55. The van der Waals surface area contributed by atoms with Crippen LogP contribution in [-0.4, -0.2) is 38.2 Å². The van der Waals surface area contributed by atoms with Crippen molar-refractivity contribution >= 4 is 0 Å². The second-order valence-electron chi connectivity index (χ2n) is 5.74. The van der Waals surface area contributed by atoms with Gasteiger partial charge in [0.15, 0.2) is 11.6 Å². The molecule has 22 heavy (non-hydrogen) atoms. The number of rotatable bonds is 8. The number of ether oxygens (including phenoxy) is 1. The maximum atomic E-state index is 14.1. The number of methoxy groups -OCH3 is 1. The monoisotopic (exact) mass is 306 g/mol. The number of hydrogen-bond donors (Lipinski definition) is 1. The molecule has 0 bridgehead atoms. The van der Waals surface area contributed by atoms with Crippen LogP contribution in [0.25, 0.3) is 0 Å². The highest BCUT2D eigenvalue weighted by atomic mass is 19.1. The topological polar surface area (TPSA) is 24.5 Å². The van der Waals surface area contributed by atoms with E-state index in [0.29, 0.717) is 5.75 Å². The molecule has 0 aromatic heterocycles. The minimum Gasteiger partial charge on any atom is -0.493 e. The summed E-state index contributed by atoms with van der Waals surface area (Å²) in [5, 5.41) is 3.38. The zero-order valence-electron chi connectivity index (χ0n) is 13.5. The van der Waals surface area contributed by atoms with Gasteiger partial charge < -0.3 is 10.1 Å². The number of para-hydroxylation sites is 1. The zero-order chi connectivity index (χ0) is 15.8. The van der Waals surface area contributed by atoms with Gasteiger partial charge in [-0.15, -0.1) is 6.58 Å². The molecule has 1 aromatic rings. The van der Waals surface area contributed by atoms with Gasteiger partial charge in [0.1, 0.15) is 0 Å². The van der Waals surface area contributed by atoms with E-state index >= 15 is 0 Å². The molecule has 0 aliphatic carbocycles. The Morgan fingerprint density at radius 1 is 1.36 bits per heavy atom. The number of nitrogens with one attached hydrogen (secondary N) is 1. The number of piperazine rings is 1. The van der Waals surface area contributed by atoms with Gasteiger partial charge in [0.2, 0.25) is 0 Å². The van der Waals surface area contributed by atoms with E-state index in [2.05, 4.69) is 16.8 Å². The molecule has 0 spiro atoms. The minimum absolute atomic E-state index is 0.220. The average molecular weight is 306 g/mol. The lowest BCUT2D eigenvalue weighted by Gasteiger charge is -2.36. The summed E-state index contributed by atoms with van der Waals surface area (Å²) >= 11 is 0. The number of hydrogen-bond acceptors (Lipinski definition) is 3. The maximum Gasteiger partial charge on any atom is 0.165 e. The van der Waals surface area contributed by atoms with Gasteiger partial charge >= 0.3 is 0 Å². The van der Waals surface area contributed by atoms with Gasteiger partial charge in [-0.25, -0.2) is 4.39 Å². The zero-order valence-corrected chi connectivity index (χ0v) is 13.5. The highest BCUT2D eigenvalue weighted by Crippen LogP contribution is 2.35. The van der Waals surface area contributed by atoms with E-state index in [9.17, 15) is 4.39 Å². The Morgan fingerprint density at radius 3 is 2.82 bits per heavy atom. The van der Waals surface area contributed by atoms with Crippen molar-refractivity contribution in [1.29, 1.82) is 0 Å². The van der Waals surface area contributed by atoms with Crippen molar-refractivity contribution in [2.24, 2.45) is 0 Å². The van der Waals surface area contributed by atoms with Crippen molar-refractivity contribution in [1.82, 2.24) is 10.2 Å². The first-order valence-electron chi connectivity index (χ1n) is 8.16. The fourth-order valence-corrected chi connectivity index (χ4v) is 3.16. The van der Waals surface area contributed by atoms with E-state index in [-0.39, 0.29) is 11.9 Å². The molecule has 2 rings (SSSR count). The van der Waals surface area contributed by atoms with Gasteiger partial charge in [0.25, 0.3) is 0 Å². The first kappa shape index (κ1) is 17.0. The van der Waals surface area contributed by atoms with E-state index in [0.717, 1.165) is 57.4 Å². The van der Waals surface area contributed by atoms with Gasteiger partial charge in [-0.05, 0) is 25.3 Å². The molecule has 3 nitrogen and oxygen atoms in total. The van der Waals surface area contributed by atoms with Crippen LogP contribution in [0.2, 0.25) is 0 Å². The molecular weight excluding hydrogens is 279 g/mol. The van der Waals surface area contributed by atoms with E-state index in [4.69, 9.17) is 4.74 Å². The van der Waals surface area contributed by atoms with Gasteiger partial charge in [-0.1, -0.05) is 24.6 Å². The Labute approximate surface area is 133 Å². The first-order valence-corrected chi connectivity index (χ1v) is 8.16. The van der Waals surface area contributed by atoms with Crippen LogP contribution in [-0.2, 0) is 0 Å². The molecular formula is C18H27FN2O. The fraction of sp³-hybridized carbons (Fsp3) is 0.556. The van der Waals surface area contributed by atoms with Gasteiger partial charge in [-0.2, -0.15) is 0 Å². The maximum absolute atomic E-state index is 14.1. The second-order valence-corrected chi connectivity index (χ2v) is 5.74. The number of benzene rings is 1. The highest BCUT2D eigenvalue weighted by Gasteiger charge is 2.25. The number of unbranched alkanes of at least 4 members (excludes halogenated alkanes) is 2. The quantitative estimate of drug-likeness (QED) is 0.587. The lowest BCUT2D eigenvalue weighted by molar-refractivity contribution is 0.159. The molecule has 1 aliphatic heterocycles. The molecule has 0 saturated carbocycles.